The number of benzene rings is 1. The smallest absolute Gasteiger partial charge is 0.161 e. The van der Waals surface area contributed by atoms with Crippen molar-refractivity contribution < 1.29 is 19.4 Å². The van der Waals surface area contributed by atoms with Crippen molar-refractivity contribution in [2.75, 3.05) is 13.7 Å². The molecule has 1 atom stereocenters. The molecule has 0 aliphatic carbocycles. The van der Waals surface area contributed by atoms with Crippen LogP contribution in [-0.4, -0.2) is 31.2 Å². The Morgan fingerprint density at radius 3 is 2.73 bits per heavy atom. The van der Waals surface area contributed by atoms with Crippen molar-refractivity contribution in [1.82, 2.24) is 0 Å². The summed E-state index contributed by atoms with van der Waals surface area (Å²) in [6.07, 6.45) is 0.196. The molecule has 4 heteroatoms. The SMILES string of the molecule is COc1cc(C=O)ccc1OCC(C)O. The molecular formula is C11H14O4. The van der Waals surface area contributed by atoms with E-state index in [1.807, 2.05) is 0 Å². The van der Waals surface area contributed by atoms with Gasteiger partial charge in [0.2, 0.25) is 0 Å². The lowest BCUT2D eigenvalue weighted by molar-refractivity contribution is 0.112. The fourth-order valence-electron chi connectivity index (χ4n) is 1.09. The highest BCUT2D eigenvalue weighted by Crippen LogP contribution is 2.27. The van der Waals surface area contributed by atoms with Gasteiger partial charge in [-0.05, 0) is 25.1 Å². The Kier molecular flexibility index (Phi) is 4.12. The van der Waals surface area contributed by atoms with Gasteiger partial charge in [-0.3, -0.25) is 4.79 Å². The molecule has 0 radical (unpaired) electrons. The predicted octanol–water partition coefficient (Wildman–Crippen LogP) is 1.27. The molecule has 0 spiro atoms. The lowest BCUT2D eigenvalue weighted by atomic mass is 10.2. The zero-order chi connectivity index (χ0) is 11.3. The van der Waals surface area contributed by atoms with Crippen LogP contribution in [-0.2, 0) is 0 Å². The molecule has 0 fully saturated rings. The lowest BCUT2D eigenvalue weighted by Gasteiger charge is -2.11. The average molecular weight is 210 g/mol. The molecule has 0 saturated carbocycles. The summed E-state index contributed by atoms with van der Waals surface area (Å²) < 4.78 is 10.4. The molecule has 0 aliphatic rings. The monoisotopic (exact) mass is 210 g/mol. The third-order valence-corrected chi connectivity index (χ3v) is 1.80. The molecule has 15 heavy (non-hydrogen) atoms. The Balaban J connectivity index is 2.82. The van der Waals surface area contributed by atoms with Gasteiger partial charge in [-0.25, -0.2) is 0 Å². The molecule has 0 heterocycles. The molecule has 1 aromatic carbocycles. The van der Waals surface area contributed by atoms with Gasteiger partial charge in [0, 0.05) is 5.56 Å². The van der Waals surface area contributed by atoms with Gasteiger partial charge >= 0.3 is 0 Å². The van der Waals surface area contributed by atoms with Gasteiger partial charge in [0.25, 0.3) is 0 Å². The molecule has 4 nitrogen and oxygen atoms in total. The van der Waals surface area contributed by atoms with Crippen molar-refractivity contribution >= 4 is 6.29 Å². The Morgan fingerprint density at radius 1 is 1.47 bits per heavy atom. The molecule has 0 saturated heterocycles. The summed E-state index contributed by atoms with van der Waals surface area (Å²) in [6, 6.07) is 4.86. The van der Waals surface area contributed by atoms with Gasteiger partial charge < -0.3 is 14.6 Å². The number of hydrogen-bond acceptors (Lipinski definition) is 4. The maximum absolute atomic E-state index is 10.5. The number of ether oxygens (including phenoxy) is 2. The summed E-state index contributed by atoms with van der Waals surface area (Å²) in [5, 5.41) is 9.06. The first-order valence-electron chi connectivity index (χ1n) is 4.61. The molecule has 1 rings (SSSR count). The van der Waals surface area contributed by atoms with Crippen LogP contribution in [0.2, 0.25) is 0 Å². The molecule has 1 aromatic rings. The van der Waals surface area contributed by atoms with Crippen LogP contribution in [0.5, 0.6) is 11.5 Å². The first kappa shape index (κ1) is 11.5. The minimum atomic E-state index is -0.541. The van der Waals surface area contributed by atoms with E-state index in [0.717, 1.165) is 6.29 Å². The Morgan fingerprint density at radius 2 is 2.20 bits per heavy atom. The first-order chi connectivity index (χ1) is 7.17. The topological polar surface area (TPSA) is 55.8 Å². The molecule has 0 bridgehead atoms. The molecule has 0 aromatic heterocycles. The van der Waals surface area contributed by atoms with Crippen LogP contribution < -0.4 is 9.47 Å². The van der Waals surface area contributed by atoms with Crippen LogP contribution in [0.15, 0.2) is 18.2 Å². The van der Waals surface area contributed by atoms with Crippen molar-refractivity contribution in [2.45, 2.75) is 13.0 Å². The predicted molar refractivity (Wildman–Crippen MR) is 55.6 cm³/mol. The van der Waals surface area contributed by atoms with Gasteiger partial charge in [-0.15, -0.1) is 0 Å². The second-order valence-corrected chi connectivity index (χ2v) is 3.19. The van der Waals surface area contributed by atoms with Crippen LogP contribution in [0, 0.1) is 0 Å². The van der Waals surface area contributed by atoms with Crippen molar-refractivity contribution in [3.8, 4) is 11.5 Å². The van der Waals surface area contributed by atoms with Crippen molar-refractivity contribution in [1.29, 1.82) is 0 Å². The largest absolute Gasteiger partial charge is 0.493 e. The fraction of sp³-hybridized carbons (Fsp3) is 0.364. The van der Waals surface area contributed by atoms with E-state index in [0.29, 0.717) is 17.1 Å². The first-order valence-corrected chi connectivity index (χ1v) is 4.61. The van der Waals surface area contributed by atoms with Crippen LogP contribution >= 0.6 is 0 Å². The van der Waals surface area contributed by atoms with Gasteiger partial charge in [-0.2, -0.15) is 0 Å². The number of aliphatic hydroxyl groups is 1. The third kappa shape index (κ3) is 3.25. The highest BCUT2D eigenvalue weighted by molar-refractivity contribution is 5.76. The van der Waals surface area contributed by atoms with E-state index in [1.54, 1.807) is 25.1 Å². The summed E-state index contributed by atoms with van der Waals surface area (Å²) >= 11 is 0. The Bertz CT molecular complexity index is 333. The summed E-state index contributed by atoms with van der Waals surface area (Å²) in [4.78, 5) is 10.5. The molecule has 0 amide bonds. The van der Waals surface area contributed by atoms with E-state index in [2.05, 4.69) is 0 Å². The van der Waals surface area contributed by atoms with Gasteiger partial charge in [0.1, 0.15) is 12.9 Å². The maximum atomic E-state index is 10.5. The summed E-state index contributed by atoms with van der Waals surface area (Å²) in [5.74, 6) is 1.00. The number of carbonyl (C=O) groups is 1. The Labute approximate surface area is 88.4 Å². The van der Waals surface area contributed by atoms with Crippen LogP contribution in [0.3, 0.4) is 0 Å². The molecule has 1 N–H and O–H groups in total. The summed E-state index contributed by atoms with van der Waals surface area (Å²) in [7, 11) is 1.50. The zero-order valence-corrected chi connectivity index (χ0v) is 8.77. The number of hydrogen-bond donors (Lipinski definition) is 1. The van der Waals surface area contributed by atoms with Gasteiger partial charge in [0.15, 0.2) is 11.5 Å². The minimum Gasteiger partial charge on any atom is -0.493 e. The second kappa shape index (κ2) is 5.36. The normalized spacial score (nSPS) is 11.9. The molecule has 82 valence electrons. The molecule has 0 aliphatic heterocycles. The fourth-order valence-corrected chi connectivity index (χ4v) is 1.09. The average Bonchev–Trinajstić information content (AvgIpc) is 2.25. The highest BCUT2D eigenvalue weighted by atomic mass is 16.5. The van der Waals surface area contributed by atoms with Gasteiger partial charge in [0.05, 0.1) is 13.2 Å². The number of aldehydes is 1. The van der Waals surface area contributed by atoms with E-state index in [-0.39, 0.29) is 6.61 Å². The number of carbonyl (C=O) groups excluding carboxylic acids is 1. The molecular weight excluding hydrogens is 196 g/mol. The highest BCUT2D eigenvalue weighted by Gasteiger charge is 2.06. The van der Waals surface area contributed by atoms with Crippen LogP contribution in [0.25, 0.3) is 0 Å². The van der Waals surface area contributed by atoms with E-state index in [1.165, 1.54) is 7.11 Å². The van der Waals surface area contributed by atoms with Crippen molar-refractivity contribution in [3.63, 3.8) is 0 Å². The third-order valence-electron chi connectivity index (χ3n) is 1.80. The summed E-state index contributed by atoms with van der Waals surface area (Å²) in [5.41, 5.74) is 0.524. The zero-order valence-electron chi connectivity index (χ0n) is 8.77. The number of aliphatic hydroxyl groups excluding tert-OH is 1. The van der Waals surface area contributed by atoms with E-state index in [4.69, 9.17) is 14.6 Å². The quantitative estimate of drug-likeness (QED) is 0.743. The number of methoxy groups -OCH3 is 1. The van der Waals surface area contributed by atoms with Crippen molar-refractivity contribution in [3.05, 3.63) is 23.8 Å². The number of rotatable bonds is 5. The van der Waals surface area contributed by atoms with E-state index >= 15 is 0 Å². The van der Waals surface area contributed by atoms with Crippen LogP contribution in [0.1, 0.15) is 17.3 Å². The van der Waals surface area contributed by atoms with Crippen LogP contribution in [0.4, 0.5) is 0 Å². The minimum absolute atomic E-state index is 0.191. The van der Waals surface area contributed by atoms with Gasteiger partial charge in [-0.1, -0.05) is 0 Å². The van der Waals surface area contributed by atoms with Crippen molar-refractivity contribution in [2.24, 2.45) is 0 Å². The maximum Gasteiger partial charge on any atom is 0.161 e. The van der Waals surface area contributed by atoms with E-state index in [9.17, 15) is 4.79 Å². The Hall–Kier alpha value is -1.55. The second-order valence-electron chi connectivity index (χ2n) is 3.19. The standard InChI is InChI=1S/C11H14O4/c1-8(13)7-15-10-4-3-9(6-12)5-11(10)14-2/h3-6,8,13H,7H2,1-2H3. The summed E-state index contributed by atoms with van der Waals surface area (Å²) in [6.45, 7) is 1.82. The van der Waals surface area contributed by atoms with E-state index < -0.39 is 6.10 Å². The lowest BCUT2D eigenvalue weighted by Crippen LogP contribution is -2.13. The molecule has 1 unspecified atom stereocenters.